The van der Waals surface area contributed by atoms with Gasteiger partial charge in [-0.05, 0) is 49.5 Å². The normalized spacial score (nSPS) is 23.3. The lowest BCUT2D eigenvalue weighted by Crippen LogP contribution is -2.48. The molecule has 2 fully saturated rings. The smallest absolute Gasteiger partial charge is 0.247 e. The van der Waals surface area contributed by atoms with Gasteiger partial charge in [-0.1, -0.05) is 24.4 Å². The Kier molecular flexibility index (Phi) is 6.42. The van der Waals surface area contributed by atoms with E-state index in [4.69, 9.17) is 11.6 Å². The molecule has 3 amide bonds. The predicted octanol–water partition coefficient (Wildman–Crippen LogP) is 3.71. The summed E-state index contributed by atoms with van der Waals surface area (Å²) in [5.41, 5.74) is -0.0573. The summed E-state index contributed by atoms with van der Waals surface area (Å²) >= 11 is 7.40. The Labute approximate surface area is 167 Å². The van der Waals surface area contributed by atoms with Gasteiger partial charge < -0.3 is 5.32 Å². The molecule has 0 radical (unpaired) electrons. The predicted molar refractivity (Wildman–Crippen MR) is 104 cm³/mol. The molecule has 0 spiro atoms. The topological polar surface area (TPSA) is 66.5 Å². The van der Waals surface area contributed by atoms with E-state index in [0.29, 0.717) is 25.0 Å². The number of hydrogen-bond donors (Lipinski definition) is 1. The number of anilines is 1. The van der Waals surface area contributed by atoms with E-state index >= 15 is 0 Å². The summed E-state index contributed by atoms with van der Waals surface area (Å²) in [7, 11) is 0. The van der Waals surface area contributed by atoms with Gasteiger partial charge in [0.2, 0.25) is 17.7 Å². The molecule has 1 heterocycles. The Balaban J connectivity index is 1.84. The second-order valence-corrected chi connectivity index (χ2v) is 8.38. The summed E-state index contributed by atoms with van der Waals surface area (Å²) < 4.78 is 14.0. The van der Waals surface area contributed by atoms with Crippen LogP contribution in [0.5, 0.6) is 0 Å². The van der Waals surface area contributed by atoms with Gasteiger partial charge in [0.15, 0.2) is 0 Å². The first-order chi connectivity index (χ1) is 12.9. The Morgan fingerprint density at radius 3 is 2.52 bits per heavy atom. The van der Waals surface area contributed by atoms with Crippen molar-refractivity contribution in [3.63, 3.8) is 0 Å². The number of carbonyl (C=O) groups excluding carboxylic acids is 3. The van der Waals surface area contributed by atoms with E-state index in [-0.39, 0.29) is 34.4 Å². The van der Waals surface area contributed by atoms with Gasteiger partial charge in [-0.2, -0.15) is 11.8 Å². The summed E-state index contributed by atoms with van der Waals surface area (Å²) in [5, 5.41) is 2.79. The minimum atomic E-state index is -0.943. The highest BCUT2D eigenvalue weighted by molar-refractivity contribution is 7.98. The van der Waals surface area contributed by atoms with Crippen molar-refractivity contribution in [2.75, 3.05) is 17.3 Å². The number of likely N-dealkylation sites (tertiary alicyclic amines) is 1. The van der Waals surface area contributed by atoms with Gasteiger partial charge in [0.1, 0.15) is 11.9 Å². The molecule has 146 valence electrons. The third-order valence-corrected chi connectivity index (χ3v) is 6.15. The van der Waals surface area contributed by atoms with Crippen LogP contribution in [0.15, 0.2) is 18.2 Å². The van der Waals surface area contributed by atoms with Crippen molar-refractivity contribution in [1.82, 2.24) is 4.90 Å². The zero-order chi connectivity index (χ0) is 19.6. The monoisotopic (exact) mass is 412 g/mol. The van der Waals surface area contributed by atoms with Gasteiger partial charge >= 0.3 is 0 Å². The largest absolute Gasteiger partial charge is 0.322 e. The van der Waals surface area contributed by atoms with Crippen LogP contribution in [0.25, 0.3) is 0 Å². The number of halogens is 2. The summed E-state index contributed by atoms with van der Waals surface area (Å²) in [6.07, 6.45) is 5.43. The molecule has 27 heavy (non-hydrogen) atoms. The van der Waals surface area contributed by atoms with Gasteiger partial charge in [-0.3, -0.25) is 19.3 Å². The van der Waals surface area contributed by atoms with E-state index in [0.717, 1.165) is 23.8 Å². The first-order valence-electron chi connectivity index (χ1n) is 9.05. The van der Waals surface area contributed by atoms with Crippen LogP contribution in [0, 0.1) is 17.7 Å². The highest BCUT2D eigenvalue weighted by atomic mass is 35.5. The van der Waals surface area contributed by atoms with Gasteiger partial charge in [-0.25, -0.2) is 4.39 Å². The fourth-order valence-corrected chi connectivity index (χ4v) is 4.54. The van der Waals surface area contributed by atoms with E-state index in [1.165, 1.54) is 23.9 Å². The lowest BCUT2D eigenvalue weighted by molar-refractivity contribution is -0.146. The molecule has 1 saturated heterocycles. The number of nitrogens with one attached hydrogen (secondary N) is 1. The quantitative estimate of drug-likeness (QED) is 0.723. The molecule has 8 heteroatoms. The number of nitrogens with zero attached hydrogens (tertiary/aromatic N) is 1. The molecular weight excluding hydrogens is 391 g/mol. The first kappa shape index (κ1) is 20.1. The van der Waals surface area contributed by atoms with Crippen LogP contribution in [0.1, 0.15) is 32.1 Å². The van der Waals surface area contributed by atoms with E-state index in [2.05, 4.69) is 5.32 Å². The first-order valence-corrected chi connectivity index (χ1v) is 10.8. The van der Waals surface area contributed by atoms with Crippen molar-refractivity contribution in [2.45, 2.75) is 38.1 Å². The number of thioether (sulfide) groups is 1. The number of rotatable bonds is 6. The molecule has 1 aromatic carbocycles. The average molecular weight is 413 g/mol. The molecular formula is C19H22ClFN2O3S. The second kappa shape index (κ2) is 8.61. The minimum Gasteiger partial charge on any atom is -0.322 e. The SMILES string of the molecule is CSCCC(C(=O)Nc1cc(Cl)ccc1F)N1C(=O)C2CCCCC2C1=O. The standard InChI is InChI=1S/C19H22ClFN2O3S/c1-27-9-8-16(17(24)22-15-10-11(20)6-7-14(15)21)23-18(25)12-4-2-3-5-13(12)19(23)26/h6-7,10,12-13,16H,2-5,8-9H2,1H3,(H,22,24). The van der Waals surface area contributed by atoms with Crippen molar-refractivity contribution >= 4 is 46.8 Å². The molecule has 3 unspecified atom stereocenters. The molecule has 1 aliphatic carbocycles. The fourth-order valence-electron chi connectivity index (χ4n) is 3.91. The molecule has 1 aromatic rings. The number of hydrogen-bond acceptors (Lipinski definition) is 4. The number of benzene rings is 1. The minimum absolute atomic E-state index is 0.0573. The van der Waals surface area contributed by atoms with Gasteiger partial charge in [0.25, 0.3) is 0 Å². The van der Waals surface area contributed by atoms with E-state index < -0.39 is 17.8 Å². The highest BCUT2D eigenvalue weighted by Crippen LogP contribution is 2.39. The Morgan fingerprint density at radius 1 is 1.30 bits per heavy atom. The Morgan fingerprint density at radius 2 is 1.93 bits per heavy atom. The van der Waals surface area contributed by atoms with Crippen molar-refractivity contribution in [3.8, 4) is 0 Å². The lowest BCUT2D eigenvalue weighted by Gasteiger charge is -2.26. The summed E-state index contributed by atoms with van der Waals surface area (Å²) in [6, 6.07) is 2.92. The van der Waals surface area contributed by atoms with Crippen molar-refractivity contribution in [2.24, 2.45) is 11.8 Å². The Bertz CT molecular complexity index is 736. The molecule has 5 nitrogen and oxygen atoms in total. The molecule has 2 aliphatic rings. The second-order valence-electron chi connectivity index (χ2n) is 6.95. The third kappa shape index (κ3) is 4.14. The van der Waals surface area contributed by atoms with Crippen LogP contribution in [0.3, 0.4) is 0 Å². The van der Waals surface area contributed by atoms with Crippen LogP contribution in [-0.4, -0.2) is 40.7 Å². The number of carbonyl (C=O) groups is 3. The maximum atomic E-state index is 14.0. The van der Waals surface area contributed by atoms with Gasteiger partial charge in [0.05, 0.1) is 17.5 Å². The van der Waals surface area contributed by atoms with Gasteiger partial charge in [-0.15, -0.1) is 0 Å². The highest BCUT2D eigenvalue weighted by Gasteiger charge is 2.51. The van der Waals surface area contributed by atoms with Crippen LogP contribution < -0.4 is 5.32 Å². The van der Waals surface area contributed by atoms with Crippen molar-refractivity contribution in [3.05, 3.63) is 29.0 Å². The maximum absolute atomic E-state index is 14.0. The van der Waals surface area contributed by atoms with Crippen molar-refractivity contribution in [1.29, 1.82) is 0 Å². The number of imide groups is 1. The summed E-state index contributed by atoms with van der Waals surface area (Å²) in [5.74, 6) is -1.76. The molecule has 0 bridgehead atoms. The zero-order valence-electron chi connectivity index (χ0n) is 15.0. The summed E-state index contributed by atoms with van der Waals surface area (Å²) in [6.45, 7) is 0. The van der Waals surface area contributed by atoms with Crippen LogP contribution in [0.2, 0.25) is 5.02 Å². The van der Waals surface area contributed by atoms with E-state index in [1.54, 1.807) is 0 Å². The van der Waals surface area contributed by atoms with Crippen molar-refractivity contribution < 1.29 is 18.8 Å². The molecule has 1 aliphatic heterocycles. The third-order valence-electron chi connectivity index (χ3n) is 5.27. The molecule has 3 atom stereocenters. The fraction of sp³-hybridized carbons (Fsp3) is 0.526. The van der Waals surface area contributed by atoms with E-state index in [1.807, 2.05) is 6.26 Å². The summed E-state index contributed by atoms with van der Waals surface area (Å²) in [4.78, 5) is 39.7. The molecule has 1 saturated carbocycles. The van der Waals surface area contributed by atoms with Crippen LogP contribution in [0.4, 0.5) is 10.1 Å². The van der Waals surface area contributed by atoms with Crippen LogP contribution in [-0.2, 0) is 14.4 Å². The number of fused-ring (bicyclic) bond motifs is 1. The van der Waals surface area contributed by atoms with Gasteiger partial charge in [0, 0.05) is 5.02 Å². The lowest BCUT2D eigenvalue weighted by atomic mass is 9.81. The average Bonchev–Trinajstić information content (AvgIpc) is 2.90. The Hall–Kier alpha value is -1.60. The molecule has 1 N–H and O–H groups in total. The maximum Gasteiger partial charge on any atom is 0.247 e. The van der Waals surface area contributed by atoms with Crippen LogP contribution >= 0.6 is 23.4 Å². The molecule has 3 rings (SSSR count). The number of amides is 3. The zero-order valence-corrected chi connectivity index (χ0v) is 16.6. The molecule has 0 aromatic heterocycles. The van der Waals surface area contributed by atoms with E-state index in [9.17, 15) is 18.8 Å².